The van der Waals surface area contributed by atoms with Gasteiger partial charge in [-0.15, -0.1) is 0 Å². The van der Waals surface area contributed by atoms with E-state index in [9.17, 15) is 0 Å². The first-order valence-corrected chi connectivity index (χ1v) is 5.85. The predicted molar refractivity (Wildman–Crippen MR) is 67.7 cm³/mol. The summed E-state index contributed by atoms with van der Waals surface area (Å²) in [5, 5.41) is 7.66. The largest absolute Gasteiger partial charge is 0.305 e. The van der Waals surface area contributed by atoms with Crippen LogP contribution >= 0.6 is 0 Å². The van der Waals surface area contributed by atoms with E-state index in [4.69, 9.17) is 0 Å². The first-order chi connectivity index (χ1) is 8.20. The van der Waals surface area contributed by atoms with Gasteiger partial charge in [-0.05, 0) is 31.2 Å². The van der Waals surface area contributed by atoms with Crippen LogP contribution in [0.1, 0.15) is 29.8 Å². The molecule has 90 valence electrons. The summed E-state index contributed by atoms with van der Waals surface area (Å²) in [7, 11) is 1.93. The van der Waals surface area contributed by atoms with Crippen molar-refractivity contribution >= 4 is 0 Å². The molecular formula is C13H18N4. The molecule has 0 fully saturated rings. The Morgan fingerprint density at radius 3 is 2.88 bits per heavy atom. The van der Waals surface area contributed by atoms with E-state index in [2.05, 4.69) is 35.3 Å². The van der Waals surface area contributed by atoms with Gasteiger partial charge >= 0.3 is 0 Å². The lowest BCUT2D eigenvalue weighted by Gasteiger charge is -2.16. The summed E-state index contributed by atoms with van der Waals surface area (Å²) in [6.45, 7) is 5.08. The quantitative estimate of drug-likeness (QED) is 0.871. The number of aromatic nitrogens is 3. The SMILES string of the molecule is CCNC(c1cnn(C)c1)c1cc(C)ccn1. The van der Waals surface area contributed by atoms with Gasteiger partial charge in [0.1, 0.15) is 0 Å². The van der Waals surface area contributed by atoms with Gasteiger partial charge in [-0.2, -0.15) is 5.10 Å². The van der Waals surface area contributed by atoms with Gasteiger partial charge in [0.15, 0.2) is 0 Å². The Hall–Kier alpha value is -1.68. The van der Waals surface area contributed by atoms with E-state index in [1.54, 1.807) is 0 Å². The lowest BCUT2D eigenvalue weighted by molar-refractivity contribution is 0.614. The van der Waals surface area contributed by atoms with Crippen LogP contribution in [-0.2, 0) is 7.05 Å². The first kappa shape index (κ1) is 11.8. The lowest BCUT2D eigenvalue weighted by Crippen LogP contribution is -2.22. The van der Waals surface area contributed by atoms with Crippen LogP contribution in [-0.4, -0.2) is 21.3 Å². The van der Waals surface area contributed by atoms with Gasteiger partial charge in [-0.25, -0.2) is 0 Å². The molecule has 0 bridgehead atoms. The topological polar surface area (TPSA) is 42.7 Å². The Balaban J connectivity index is 2.35. The van der Waals surface area contributed by atoms with Gasteiger partial charge in [0, 0.05) is 25.0 Å². The molecule has 1 unspecified atom stereocenters. The minimum Gasteiger partial charge on any atom is -0.305 e. The van der Waals surface area contributed by atoms with Crippen LogP contribution in [0, 0.1) is 6.92 Å². The van der Waals surface area contributed by atoms with Crippen molar-refractivity contribution in [2.45, 2.75) is 19.9 Å². The fraction of sp³-hybridized carbons (Fsp3) is 0.385. The predicted octanol–water partition coefficient (Wildman–Crippen LogP) is 1.82. The maximum atomic E-state index is 4.44. The lowest BCUT2D eigenvalue weighted by atomic mass is 10.1. The number of pyridine rings is 1. The van der Waals surface area contributed by atoms with Crippen molar-refractivity contribution in [2.75, 3.05) is 6.54 Å². The number of nitrogens with one attached hydrogen (secondary N) is 1. The number of aryl methyl sites for hydroxylation is 2. The molecular weight excluding hydrogens is 212 g/mol. The maximum Gasteiger partial charge on any atom is 0.0782 e. The van der Waals surface area contributed by atoms with Crippen molar-refractivity contribution in [3.63, 3.8) is 0 Å². The first-order valence-electron chi connectivity index (χ1n) is 5.85. The molecule has 1 N–H and O–H groups in total. The molecule has 0 aliphatic carbocycles. The summed E-state index contributed by atoms with van der Waals surface area (Å²) in [6.07, 6.45) is 5.76. The number of hydrogen-bond acceptors (Lipinski definition) is 3. The van der Waals surface area contributed by atoms with E-state index < -0.39 is 0 Å². The zero-order valence-electron chi connectivity index (χ0n) is 10.5. The van der Waals surface area contributed by atoms with Crippen LogP contribution in [0.2, 0.25) is 0 Å². The Kier molecular flexibility index (Phi) is 3.54. The standard InChI is InChI=1S/C13H18N4/c1-4-14-13(11-8-16-17(3)9-11)12-7-10(2)5-6-15-12/h5-9,13-14H,4H2,1-3H3. The Morgan fingerprint density at radius 2 is 2.29 bits per heavy atom. The van der Waals surface area contributed by atoms with Crippen molar-refractivity contribution in [1.29, 1.82) is 0 Å². The van der Waals surface area contributed by atoms with E-state index in [0.717, 1.165) is 17.8 Å². The molecule has 4 nitrogen and oxygen atoms in total. The van der Waals surface area contributed by atoms with Crippen molar-refractivity contribution in [2.24, 2.45) is 7.05 Å². The van der Waals surface area contributed by atoms with Crippen LogP contribution in [0.4, 0.5) is 0 Å². The summed E-state index contributed by atoms with van der Waals surface area (Å²) < 4.78 is 1.81. The second-order valence-electron chi connectivity index (χ2n) is 4.20. The minimum atomic E-state index is 0.119. The molecule has 0 amide bonds. The molecule has 2 heterocycles. The Morgan fingerprint density at radius 1 is 1.47 bits per heavy atom. The Bertz CT molecular complexity index is 490. The van der Waals surface area contributed by atoms with Gasteiger partial charge < -0.3 is 5.32 Å². The van der Waals surface area contributed by atoms with Gasteiger partial charge in [-0.1, -0.05) is 6.92 Å². The molecule has 1 atom stereocenters. The number of nitrogens with zero attached hydrogens (tertiary/aromatic N) is 3. The molecule has 0 aromatic carbocycles. The highest BCUT2D eigenvalue weighted by Gasteiger charge is 2.15. The smallest absolute Gasteiger partial charge is 0.0782 e. The molecule has 2 rings (SSSR count). The average Bonchev–Trinajstić information content (AvgIpc) is 2.72. The molecule has 0 aliphatic rings. The van der Waals surface area contributed by atoms with E-state index >= 15 is 0 Å². The molecule has 2 aromatic rings. The summed E-state index contributed by atoms with van der Waals surface area (Å²) in [6, 6.07) is 4.24. The molecule has 0 aliphatic heterocycles. The maximum absolute atomic E-state index is 4.44. The van der Waals surface area contributed by atoms with E-state index in [-0.39, 0.29) is 6.04 Å². The highest BCUT2D eigenvalue weighted by molar-refractivity contribution is 5.26. The average molecular weight is 230 g/mol. The molecule has 4 heteroatoms. The summed E-state index contributed by atoms with van der Waals surface area (Å²) >= 11 is 0. The highest BCUT2D eigenvalue weighted by atomic mass is 15.2. The van der Waals surface area contributed by atoms with Gasteiger partial charge in [0.25, 0.3) is 0 Å². The normalized spacial score (nSPS) is 12.6. The van der Waals surface area contributed by atoms with Crippen molar-refractivity contribution in [3.05, 3.63) is 47.5 Å². The minimum absolute atomic E-state index is 0.119. The van der Waals surface area contributed by atoms with Crippen molar-refractivity contribution in [1.82, 2.24) is 20.1 Å². The van der Waals surface area contributed by atoms with Gasteiger partial charge in [0.2, 0.25) is 0 Å². The fourth-order valence-electron chi connectivity index (χ4n) is 1.90. The van der Waals surface area contributed by atoms with Crippen molar-refractivity contribution in [3.8, 4) is 0 Å². The third-order valence-corrected chi connectivity index (χ3v) is 2.70. The van der Waals surface area contributed by atoms with Crippen LogP contribution in [0.3, 0.4) is 0 Å². The third kappa shape index (κ3) is 2.71. The van der Waals surface area contributed by atoms with E-state index in [1.165, 1.54) is 5.56 Å². The van der Waals surface area contributed by atoms with Gasteiger partial charge in [0.05, 0.1) is 17.9 Å². The van der Waals surface area contributed by atoms with E-state index in [0.29, 0.717) is 0 Å². The third-order valence-electron chi connectivity index (χ3n) is 2.70. The molecule has 0 saturated carbocycles. The second kappa shape index (κ2) is 5.10. The highest BCUT2D eigenvalue weighted by Crippen LogP contribution is 2.20. The number of hydrogen-bond donors (Lipinski definition) is 1. The van der Waals surface area contributed by atoms with Gasteiger partial charge in [-0.3, -0.25) is 9.67 Å². The molecule has 0 spiro atoms. The summed E-state index contributed by atoms with van der Waals surface area (Å²) in [5.41, 5.74) is 3.41. The second-order valence-corrected chi connectivity index (χ2v) is 4.20. The van der Waals surface area contributed by atoms with Crippen LogP contribution in [0.15, 0.2) is 30.7 Å². The zero-order valence-corrected chi connectivity index (χ0v) is 10.5. The monoisotopic (exact) mass is 230 g/mol. The summed E-state index contributed by atoms with van der Waals surface area (Å²) in [4.78, 5) is 4.44. The zero-order chi connectivity index (χ0) is 12.3. The van der Waals surface area contributed by atoms with Crippen LogP contribution < -0.4 is 5.32 Å². The summed E-state index contributed by atoms with van der Waals surface area (Å²) in [5.74, 6) is 0. The fourth-order valence-corrected chi connectivity index (χ4v) is 1.90. The molecule has 17 heavy (non-hydrogen) atoms. The number of rotatable bonds is 4. The molecule has 0 radical (unpaired) electrons. The Labute approximate surface area is 102 Å². The van der Waals surface area contributed by atoms with Crippen LogP contribution in [0.25, 0.3) is 0 Å². The van der Waals surface area contributed by atoms with E-state index in [1.807, 2.05) is 36.4 Å². The van der Waals surface area contributed by atoms with Crippen molar-refractivity contribution < 1.29 is 0 Å². The van der Waals surface area contributed by atoms with Crippen LogP contribution in [0.5, 0.6) is 0 Å². The molecule has 2 aromatic heterocycles. The molecule has 0 saturated heterocycles.